The molecule has 1 aromatic heterocycles. The van der Waals surface area contributed by atoms with Crippen molar-refractivity contribution in [3.63, 3.8) is 0 Å². The van der Waals surface area contributed by atoms with Crippen molar-refractivity contribution in [1.82, 2.24) is 4.98 Å². The monoisotopic (exact) mass is 287 g/mol. The highest BCUT2D eigenvalue weighted by Gasteiger charge is 2.15. The summed E-state index contributed by atoms with van der Waals surface area (Å²) >= 11 is 0. The summed E-state index contributed by atoms with van der Waals surface area (Å²) in [4.78, 5) is 26.2. The van der Waals surface area contributed by atoms with Gasteiger partial charge in [-0.25, -0.2) is 0 Å². The van der Waals surface area contributed by atoms with Gasteiger partial charge in [0.05, 0.1) is 16.7 Å². The smallest absolute Gasteiger partial charge is 0.272 e. The molecule has 0 saturated carbocycles. The van der Waals surface area contributed by atoms with Crippen LogP contribution in [-0.4, -0.2) is 20.9 Å². The topological polar surface area (TPSA) is 105 Å². The number of aromatic hydroxyl groups is 1. The number of rotatable bonds is 3. The molecule has 2 rings (SSSR count). The third-order valence-electron chi connectivity index (χ3n) is 2.97. The van der Waals surface area contributed by atoms with E-state index in [2.05, 4.69) is 10.3 Å². The first kappa shape index (κ1) is 14.4. The van der Waals surface area contributed by atoms with Gasteiger partial charge in [-0.1, -0.05) is 0 Å². The Bertz CT molecular complexity index is 728. The van der Waals surface area contributed by atoms with Gasteiger partial charge in [0.15, 0.2) is 0 Å². The van der Waals surface area contributed by atoms with Gasteiger partial charge in [-0.3, -0.25) is 19.9 Å². The maximum atomic E-state index is 12.1. The van der Waals surface area contributed by atoms with Crippen LogP contribution < -0.4 is 5.32 Å². The predicted octanol–water partition coefficient (Wildman–Crippen LogP) is 2.56. The van der Waals surface area contributed by atoms with Crippen LogP contribution in [0.1, 0.15) is 21.5 Å². The van der Waals surface area contributed by atoms with Crippen molar-refractivity contribution in [2.75, 3.05) is 5.32 Å². The molecule has 0 bridgehead atoms. The maximum Gasteiger partial charge on any atom is 0.272 e. The standard InChI is InChI=1S/C14H13N3O4/c1-8-4-13(17(20)21)9(2)3-12(8)16-14(19)10-5-11(18)7-15-6-10/h3-7,18H,1-2H3,(H,16,19). The van der Waals surface area contributed by atoms with Crippen LogP contribution in [0.25, 0.3) is 0 Å². The molecule has 2 N–H and O–H groups in total. The number of nitrogens with zero attached hydrogens (tertiary/aromatic N) is 2. The molecule has 0 radical (unpaired) electrons. The second-order valence-corrected chi connectivity index (χ2v) is 4.60. The summed E-state index contributed by atoms with van der Waals surface area (Å²) < 4.78 is 0. The van der Waals surface area contributed by atoms with E-state index in [4.69, 9.17) is 0 Å². The summed E-state index contributed by atoms with van der Waals surface area (Å²) in [6.45, 7) is 3.27. The molecule has 0 saturated heterocycles. The summed E-state index contributed by atoms with van der Waals surface area (Å²) in [5, 5.41) is 22.8. The first-order chi connectivity index (χ1) is 9.88. The summed E-state index contributed by atoms with van der Waals surface area (Å²) in [6, 6.07) is 4.24. The van der Waals surface area contributed by atoms with E-state index >= 15 is 0 Å². The SMILES string of the molecule is Cc1cc([N+](=O)[O-])c(C)cc1NC(=O)c1cncc(O)c1. The molecule has 1 aromatic carbocycles. The van der Waals surface area contributed by atoms with Gasteiger partial charge in [-0.2, -0.15) is 0 Å². The fourth-order valence-corrected chi connectivity index (χ4v) is 1.88. The van der Waals surface area contributed by atoms with Gasteiger partial charge in [0.2, 0.25) is 0 Å². The van der Waals surface area contributed by atoms with Gasteiger partial charge in [0.25, 0.3) is 11.6 Å². The third kappa shape index (κ3) is 3.14. The number of amides is 1. The molecule has 0 spiro atoms. The van der Waals surface area contributed by atoms with E-state index in [0.717, 1.165) is 0 Å². The van der Waals surface area contributed by atoms with Crippen molar-refractivity contribution >= 4 is 17.3 Å². The number of aryl methyl sites for hydroxylation is 2. The van der Waals surface area contributed by atoms with Crippen LogP contribution in [0.15, 0.2) is 30.6 Å². The normalized spacial score (nSPS) is 10.2. The van der Waals surface area contributed by atoms with E-state index < -0.39 is 10.8 Å². The van der Waals surface area contributed by atoms with E-state index in [1.54, 1.807) is 19.9 Å². The third-order valence-corrected chi connectivity index (χ3v) is 2.97. The second kappa shape index (κ2) is 5.58. The molecule has 0 unspecified atom stereocenters. The molecule has 7 nitrogen and oxygen atoms in total. The predicted molar refractivity (Wildman–Crippen MR) is 76.4 cm³/mol. The zero-order chi connectivity index (χ0) is 15.6. The Labute approximate surface area is 120 Å². The highest BCUT2D eigenvalue weighted by molar-refractivity contribution is 6.04. The number of carbonyl (C=O) groups is 1. The van der Waals surface area contributed by atoms with Crippen molar-refractivity contribution in [1.29, 1.82) is 0 Å². The van der Waals surface area contributed by atoms with Crippen LogP contribution in [0.5, 0.6) is 5.75 Å². The van der Waals surface area contributed by atoms with Crippen LogP contribution in [0, 0.1) is 24.0 Å². The molecule has 7 heteroatoms. The number of anilines is 1. The Morgan fingerprint density at radius 2 is 1.95 bits per heavy atom. The van der Waals surface area contributed by atoms with Crippen molar-refractivity contribution < 1.29 is 14.8 Å². The molecular formula is C14H13N3O4. The van der Waals surface area contributed by atoms with Gasteiger partial charge in [0.1, 0.15) is 5.75 Å². The lowest BCUT2D eigenvalue weighted by Gasteiger charge is -2.10. The highest BCUT2D eigenvalue weighted by atomic mass is 16.6. The number of nitrogens with one attached hydrogen (secondary N) is 1. The van der Waals surface area contributed by atoms with Gasteiger partial charge < -0.3 is 10.4 Å². The number of hydrogen-bond acceptors (Lipinski definition) is 5. The van der Waals surface area contributed by atoms with Crippen molar-refractivity contribution in [3.05, 3.63) is 57.4 Å². The van der Waals surface area contributed by atoms with Crippen molar-refractivity contribution in [3.8, 4) is 5.75 Å². The highest BCUT2D eigenvalue weighted by Crippen LogP contribution is 2.26. The Balaban J connectivity index is 2.30. The fourth-order valence-electron chi connectivity index (χ4n) is 1.88. The quantitative estimate of drug-likeness (QED) is 0.666. The summed E-state index contributed by atoms with van der Waals surface area (Å²) in [5.41, 5.74) is 1.71. The van der Waals surface area contributed by atoms with E-state index in [0.29, 0.717) is 16.8 Å². The number of aromatic nitrogens is 1. The zero-order valence-electron chi connectivity index (χ0n) is 11.5. The Morgan fingerprint density at radius 1 is 1.24 bits per heavy atom. The average Bonchev–Trinajstić information content (AvgIpc) is 2.42. The lowest BCUT2D eigenvalue weighted by molar-refractivity contribution is -0.385. The van der Waals surface area contributed by atoms with E-state index in [1.165, 1.54) is 24.5 Å². The van der Waals surface area contributed by atoms with Crippen molar-refractivity contribution in [2.24, 2.45) is 0 Å². The summed E-state index contributed by atoms with van der Waals surface area (Å²) in [7, 11) is 0. The first-order valence-corrected chi connectivity index (χ1v) is 6.09. The molecule has 2 aromatic rings. The van der Waals surface area contributed by atoms with Gasteiger partial charge in [0, 0.05) is 23.5 Å². The van der Waals surface area contributed by atoms with Crippen LogP contribution in [0.3, 0.4) is 0 Å². The molecule has 21 heavy (non-hydrogen) atoms. The van der Waals surface area contributed by atoms with Gasteiger partial charge >= 0.3 is 0 Å². The van der Waals surface area contributed by atoms with E-state index in [9.17, 15) is 20.0 Å². The van der Waals surface area contributed by atoms with E-state index in [-0.39, 0.29) is 17.0 Å². The average molecular weight is 287 g/mol. The molecule has 108 valence electrons. The zero-order valence-corrected chi connectivity index (χ0v) is 11.5. The van der Waals surface area contributed by atoms with E-state index in [1.807, 2.05) is 0 Å². The number of pyridine rings is 1. The lowest BCUT2D eigenvalue weighted by atomic mass is 10.1. The largest absolute Gasteiger partial charge is 0.506 e. The summed E-state index contributed by atoms with van der Waals surface area (Å²) in [6.07, 6.45) is 2.54. The molecule has 0 fully saturated rings. The molecule has 0 atom stereocenters. The minimum absolute atomic E-state index is 0.00419. The molecule has 1 amide bonds. The minimum Gasteiger partial charge on any atom is -0.506 e. The molecule has 0 aliphatic heterocycles. The number of nitro benzene ring substituents is 1. The minimum atomic E-state index is -0.465. The van der Waals surface area contributed by atoms with Crippen molar-refractivity contribution in [2.45, 2.75) is 13.8 Å². The summed E-state index contributed by atoms with van der Waals surface area (Å²) in [5.74, 6) is -0.561. The van der Waals surface area contributed by atoms with Crippen LogP contribution in [0.2, 0.25) is 0 Å². The van der Waals surface area contributed by atoms with Crippen LogP contribution >= 0.6 is 0 Å². The van der Waals surface area contributed by atoms with Gasteiger partial charge in [-0.05, 0) is 31.5 Å². The Morgan fingerprint density at radius 3 is 2.57 bits per heavy atom. The lowest BCUT2D eigenvalue weighted by Crippen LogP contribution is -2.13. The van der Waals surface area contributed by atoms with Crippen LogP contribution in [0.4, 0.5) is 11.4 Å². The fraction of sp³-hybridized carbons (Fsp3) is 0.143. The number of benzene rings is 1. The number of carbonyl (C=O) groups excluding carboxylic acids is 1. The maximum absolute atomic E-state index is 12.1. The molecule has 0 aliphatic rings. The second-order valence-electron chi connectivity index (χ2n) is 4.60. The number of nitro groups is 1. The Hall–Kier alpha value is -2.96. The Kier molecular flexibility index (Phi) is 3.84. The van der Waals surface area contributed by atoms with Gasteiger partial charge in [-0.15, -0.1) is 0 Å². The number of hydrogen-bond donors (Lipinski definition) is 2. The molecular weight excluding hydrogens is 274 g/mol. The molecule has 1 heterocycles. The first-order valence-electron chi connectivity index (χ1n) is 6.09. The van der Waals surface area contributed by atoms with Crippen LogP contribution in [-0.2, 0) is 0 Å². The molecule has 0 aliphatic carbocycles.